The topological polar surface area (TPSA) is 9.72 Å². The van der Waals surface area contributed by atoms with E-state index in [2.05, 4.69) is 108 Å². The summed E-state index contributed by atoms with van der Waals surface area (Å²) in [7, 11) is 0. The third-order valence-corrected chi connectivity index (χ3v) is 7.43. The van der Waals surface area contributed by atoms with Crippen LogP contribution in [-0.2, 0) is 19.6 Å². The molecule has 0 N–H and O–H groups in total. The number of hydrogen-bond donors (Lipinski definition) is 0. The third kappa shape index (κ3) is 8.89. The predicted octanol–water partition coefficient (Wildman–Crippen LogP) is 6.60. The minimum absolute atomic E-state index is 1.05. The van der Waals surface area contributed by atoms with Crippen molar-refractivity contribution in [2.24, 2.45) is 0 Å². The first-order valence-corrected chi connectivity index (χ1v) is 13.9. The highest BCUT2D eigenvalue weighted by Crippen LogP contribution is 2.14. The molecular formula is C33H45N3. The molecule has 1 saturated heterocycles. The lowest BCUT2D eigenvalue weighted by Gasteiger charge is -2.30. The zero-order valence-electron chi connectivity index (χ0n) is 22.8. The van der Waals surface area contributed by atoms with Gasteiger partial charge in [0.25, 0.3) is 0 Å². The van der Waals surface area contributed by atoms with Crippen LogP contribution in [0, 0.1) is 20.8 Å². The van der Waals surface area contributed by atoms with Crippen molar-refractivity contribution in [1.29, 1.82) is 0 Å². The highest BCUT2D eigenvalue weighted by atomic mass is 15.2. The molecule has 0 aliphatic carbocycles. The van der Waals surface area contributed by atoms with E-state index in [0.717, 1.165) is 58.9 Å². The van der Waals surface area contributed by atoms with Crippen molar-refractivity contribution in [3.05, 3.63) is 106 Å². The Labute approximate surface area is 219 Å². The molecular weight excluding hydrogens is 438 g/mol. The van der Waals surface area contributed by atoms with E-state index in [0.29, 0.717) is 0 Å². The second-order valence-electron chi connectivity index (χ2n) is 10.8. The third-order valence-electron chi connectivity index (χ3n) is 7.43. The molecule has 0 spiro atoms. The van der Waals surface area contributed by atoms with Gasteiger partial charge in [-0.3, -0.25) is 14.7 Å². The minimum Gasteiger partial charge on any atom is -0.299 e. The maximum Gasteiger partial charge on any atom is 0.0233 e. The summed E-state index contributed by atoms with van der Waals surface area (Å²) in [4.78, 5) is 8.04. The fourth-order valence-electron chi connectivity index (χ4n) is 5.22. The lowest BCUT2D eigenvalue weighted by molar-refractivity contribution is 0.172. The molecule has 0 aromatic heterocycles. The lowest BCUT2D eigenvalue weighted by Crippen LogP contribution is -2.36. The zero-order valence-corrected chi connectivity index (χ0v) is 22.8. The average Bonchev–Trinajstić information content (AvgIpc) is 2.87. The Morgan fingerprint density at radius 1 is 0.389 bits per heavy atom. The summed E-state index contributed by atoms with van der Waals surface area (Å²) >= 11 is 0. The molecule has 0 bridgehead atoms. The van der Waals surface area contributed by atoms with Gasteiger partial charge in [0.05, 0.1) is 0 Å². The zero-order chi connectivity index (χ0) is 25.2. The van der Waals surface area contributed by atoms with Gasteiger partial charge in [0, 0.05) is 19.6 Å². The van der Waals surface area contributed by atoms with Crippen molar-refractivity contribution in [3.63, 3.8) is 0 Å². The molecule has 3 nitrogen and oxygen atoms in total. The summed E-state index contributed by atoms with van der Waals surface area (Å²) in [6.07, 6.45) is 3.68. The molecule has 0 atom stereocenters. The fraction of sp³-hybridized carbons (Fsp3) is 0.455. The Bertz CT molecular complexity index is 875. The Balaban J connectivity index is 1.43. The van der Waals surface area contributed by atoms with Crippen molar-refractivity contribution >= 4 is 0 Å². The molecule has 1 fully saturated rings. The van der Waals surface area contributed by atoms with Crippen molar-refractivity contribution in [3.8, 4) is 0 Å². The van der Waals surface area contributed by atoms with Gasteiger partial charge in [0.15, 0.2) is 0 Å². The van der Waals surface area contributed by atoms with Crippen LogP contribution in [-0.4, -0.2) is 54.0 Å². The predicted molar refractivity (Wildman–Crippen MR) is 153 cm³/mol. The molecule has 1 aliphatic heterocycles. The van der Waals surface area contributed by atoms with Gasteiger partial charge in [-0.2, -0.15) is 0 Å². The van der Waals surface area contributed by atoms with Crippen LogP contribution in [0.25, 0.3) is 0 Å². The van der Waals surface area contributed by atoms with E-state index < -0.39 is 0 Å². The average molecular weight is 484 g/mol. The normalized spacial score (nSPS) is 17.4. The van der Waals surface area contributed by atoms with E-state index >= 15 is 0 Å². The largest absolute Gasteiger partial charge is 0.299 e. The van der Waals surface area contributed by atoms with Gasteiger partial charge in [0.2, 0.25) is 0 Å². The molecule has 36 heavy (non-hydrogen) atoms. The summed E-state index contributed by atoms with van der Waals surface area (Å²) in [6.45, 7) is 16.6. The minimum atomic E-state index is 1.05. The van der Waals surface area contributed by atoms with Crippen LogP contribution in [0.3, 0.4) is 0 Å². The van der Waals surface area contributed by atoms with Crippen LogP contribution >= 0.6 is 0 Å². The van der Waals surface area contributed by atoms with Gasteiger partial charge in [-0.15, -0.1) is 0 Å². The van der Waals surface area contributed by atoms with Crippen LogP contribution in [0.1, 0.15) is 52.6 Å². The van der Waals surface area contributed by atoms with Gasteiger partial charge in [-0.05, 0) is 96.0 Å². The Kier molecular flexibility index (Phi) is 10.2. The van der Waals surface area contributed by atoms with E-state index in [1.165, 1.54) is 52.6 Å². The molecule has 1 aliphatic rings. The second kappa shape index (κ2) is 13.7. The first-order chi connectivity index (χ1) is 17.5. The van der Waals surface area contributed by atoms with E-state index in [1.807, 2.05) is 0 Å². The first-order valence-electron chi connectivity index (χ1n) is 13.9. The van der Waals surface area contributed by atoms with Crippen molar-refractivity contribution in [1.82, 2.24) is 14.7 Å². The van der Waals surface area contributed by atoms with Crippen molar-refractivity contribution in [2.75, 3.05) is 39.3 Å². The molecule has 0 unspecified atom stereocenters. The van der Waals surface area contributed by atoms with Crippen LogP contribution in [0.4, 0.5) is 0 Å². The quantitative estimate of drug-likeness (QED) is 0.391. The molecule has 3 aromatic rings. The SMILES string of the molecule is Cc1ccc(CN2CCCN(Cc3ccc(C)cc3)CCCN(Cc3ccc(C)cc3)CCC2)cc1. The van der Waals surface area contributed by atoms with Crippen LogP contribution < -0.4 is 0 Å². The Morgan fingerprint density at radius 3 is 0.833 bits per heavy atom. The summed E-state index contributed by atoms with van der Waals surface area (Å²) in [6, 6.07) is 27.3. The van der Waals surface area contributed by atoms with Crippen LogP contribution in [0.2, 0.25) is 0 Å². The molecule has 0 radical (unpaired) electrons. The van der Waals surface area contributed by atoms with E-state index in [-0.39, 0.29) is 0 Å². The van der Waals surface area contributed by atoms with Gasteiger partial charge in [0.1, 0.15) is 0 Å². The first kappa shape index (κ1) is 26.6. The maximum atomic E-state index is 2.68. The van der Waals surface area contributed by atoms with E-state index in [1.54, 1.807) is 0 Å². The van der Waals surface area contributed by atoms with Crippen molar-refractivity contribution in [2.45, 2.75) is 59.7 Å². The molecule has 192 valence electrons. The van der Waals surface area contributed by atoms with E-state index in [9.17, 15) is 0 Å². The molecule has 3 heteroatoms. The number of benzene rings is 3. The van der Waals surface area contributed by atoms with Gasteiger partial charge < -0.3 is 0 Å². The summed E-state index contributed by atoms with van der Waals surface area (Å²) in [5.74, 6) is 0. The van der Waals surface area contributed by atoms with Crippen molar-refractivity contribution < 1.29 is 0 Å². The number of rotatable bonds is 6. The number of hydrogen-bond acceptors (Lipinski definition) is 3. The highest BCUT2D eigenvalue weighted by Gasteiger charge is 2.14. The number of nitrogens with zero attached hydrogens (tertiary/aromatic N) is 3. The standard InChI is InChI=1S/C33H45N3/c1-28-7-13-31(14-8-28)25-34-19-4-21-35(26-32-15-9-29(2)10-16-32)23-6-24-36(22-5-20-34)27-33-17-11-30(3)12-18-33/h7-18H,4-6,19-27H2,1-3H3. The molecule has 1 heterocycles. The van der Waals surface area contributed by atoms with Crippen LogP contribution in [0.5, 0.6) is 0 Å². The molecule has 3 aromatic carbocycles. The number of aryl methyl sites for hydroxylation is 3. The van der Waals surface area contributed by atoms with Gasteiger partial charge in [-0.1, -0.05) is 89.5 Å². The van der Waals surface area contributed by atoms with Gasteiger partial charge in [-0.25, -0.2) is 0 Å². The summed E-state index contributed by atoms with van der Waals surface area (Å²) in [5, 5.41) is 0. The highest BCUT2D eigenvalue weighted by molar-refractivity contribution is 5.23. The lowest BCUT2D eigenvalue weighted by atomic mass is 10.1. The van der Waals surface area contributed by atoms with Crippen LogP contribution in [0.15, 0.2) is 72.8 Å². The molecule has 0 amide bonds. The summed E-state index contributed by atoms with van der Waals surface area (Å²) in [5.41, 5.74) is 8.31. The fourth-order valence-corrected chi connectivity index (χ4v) is 5.22. The Morgan fingerprint density at radius 2 is 0.611 bits per heavy atom. The maximum absolute atomic E-state index is 2.68. The Hall–Kier alpha value is -2.46. The molecule has 0 saturated carbocycles. The second-order valence-corrected chi connectivity index (χ2v) is 10.8. The smallest absolute Gasteiger partial charge is 0.0233 e. The van der Waals surface area contributed by atoms with E-state index in [4.69, 9.17) is 0 Å². The molecule has 4 rings (SSSR count). The monoisotopic (exact) mass is 483 g/mol. The summed E-state index contributed by atoms with van der Waals surface area (Å²) < 4.78 is 0. The van der Waals surface area contributed by atoms with Gasteiger partial charge >= 0.3 is 0 Å².